The number of amides is 1. The lowest BCUT2D eigenvalue weighted by Gasteiger charge is -2.26. The molecule has 2 N–H and O–H groups in total. The highest BCUT2D eigenvalue weighted by molar-refractivity contribution is 5.99. The van der Waals surface area contributed by atoms with Gasteiger partial charge in [-0.1, -0.05) is 67.6 Å². The molecule has 2 heterocycles. The van der Waals surface area contributed by atoms with Crippen LogP contribution in [0, 0.1) is 12.3 Å². The quantitative estimate of drug-likeness (QED) is 0.322. The molecule has 2 aliphatic rings. The zero-order valence-electron chi connectivity index (χ0n) is 22.0. The lowest BCUT2D eigenvalue weighted by Crippen LogP contribution is -2.35. The third kappa shape index (κ3) is 5.02. The van der Waals surface area contributed by atoms with E-state index in [0.29, 0.717) is 0 Å². The summed E-state index contributed by atoms with van der Waals surface area (Å²) in [6.07, 6.45) is 5.04. The summed E-state index contributed by atoms with van der Waals surface area (Å²) in [5, 5.41) is 12.0. The summed E-state index contributed by atoms with van der Waals surface area (Å²) in [4.78, 5) is 15.5. The standard InChI is InChI=1S/C32H34N4O2/c1-22-6-3-4-9-28(22)33-31(37)32(2)20-27(32)25-11-12-26-29(34-35-30(26)19-25)13-10-23-7-5-8-24(18-23)21-36-14-16-38-17-15-36/h3-13,18-19,27H,14-17,20-21H2,1-2H3,(H,33,37)(H,34,35)/b13-10+/t27-,32+/m0/s1. The number of H-pyrrole nitrogens is 1. The van der Waals surface area contributed by atoms with E-state index in [2.05, 4.69) is 82.0 Å². The van der Waals surface area contributed by atoms with Crippen molar-refractivity contribution in [2.24, 2.45) is 5.41 Å². The molecule has 2 atom stereocenters. The zero-order valence-corrected chi connectivity index (χ0v) is 22.0. The average molecular weight is 507 g/mol. The summed E-state index contributed by atoms with van der Waals surface area (Å²) < 4.78 is 5.47. The number of hydrogen-bond acceptors (Lipinski definition) is 4. The Hall–Kier alpha value is -3.74. The van der Waals surface area contributed by atoms with Gasteiger partial charge in [-0.15, -0.1) is 0 Å². The summed E-state index contributed by atoms with van der Waals surface area (Å²) in [7, 11) is 0. The van der Waals surface area contributed by atoms with Crippen LogP contribution >= 0.6 is 0 Å². The van der Waals surface area contributed by atoms with Gasteiger partial charge in [-0.25, -0.2) is 0 Å². The number of anilines is 1. The minimum atomic E-state index is -0.398. The Labute approximate surface area is 223 Å². The van der Waals surface area contributed by atoms with Crippen molar-refractivity contribution in [1.29, 1.82) is 0 Å². The minimum absolute atomic E-state index is 0.0842. The van der Waals surface area contributed by atoms with Crippen molar-refractivity contribution < 1.29 is 9.53 Å². The molecule has 1 aromatic heterocycles. The molecule has 0 radical (unpaired) electrons. The summed E-state index contributed by atoms with van der Waals surface area (Å²) >= 11 is 0. The Kier molecular flexibility index (Phi) is 6.60. The van der Waals surface area contributed by atoms with E-state index >= 15 is 0 Å². The van der Waals surface area contributed by atoms with Crippen LogP contribution < -0.4 is 5.32 Å². The van der Waals surface area contributed by atoms with E-state index in [4.69, 9.17) is 4.74 Å². The third-order valence-electron chi connectivity index (χ3n) is 8.06. The molecule has 1 saturated heterocycles. The molecule has 0 bridgehead atoms. The lowest BCUT2D eigenvalue weighted by molar-refractivity contribution is -0.120. The third-order valence-corrected chi connectivity index (χ3v) is 8.06. The van der Waals surface area contributed by atoms with E-state index in [0.717, 1.165) is 72.7 Å². The number of rotatable bonds is 7. The molecule has 4 aromatic rings. The first-order chi connectivity index (χ1) is 18.5. The van der Waals surface area contributed by atoms with Crippen molar-refractivity contribution in [3.63, 3.8) is 0 Å². The van der Waals surface area contributed by atoms with Crippen molar-refractivity contribution in [2.75, 3.05) is 31.6 Å². The molecule has 0 spiro atoms. The van der Waals surface area contributed by atoms with E-state index < -0.39 is 5.41 Å². The van der Waals surface area contributed by atoms with Crippen LogP contribution in [0.5, 0.6) is 0 Å². The Bertz CT molecular complexity index is 1500. The molecule has 1 aliphatic heterocycles. The summed E-state index contributed by atoms with van der Waals surface area (Å²) in [6.45, 7) is 8.62. The molecule has 6 rings (SSSR count). The van der Waals surface area contributed by atoms with Gasteiger partial charge in [-0.2, -0.15) is 5.10 Å². The number of aromatic nitrogens is 2. The Morgan fingerprint density at radius 3 is 2.79 bits per heavy atom. The number of benzene rings is 3. The second kappa shape index (κ2) is 10.2. The molecular weight excluding hydrogens is 472 g/mol. The van der Waals surface area contributed by atoms with Gasteiger partial charge in [0, 0.05) is 30.7 Å². The highest BCUT2D eigenvalue weighted by Gasteiger charge is 2.56. The minimum Gasteiger partial charge on any atom is -0.379 e. The van der Waals surface area contributed by atoms with Gasteiger partial charge in [0.25, 0.3) is 0 Å². The van der Waals surface area contributed by atoms with Crippen LogP contribution in [0.2, 0.25) is 0 Å². The SMILES string of the molecule is Cc1ccccc1NC(=O)[C@]1(C)C[C@H]1c1ccc2c(/C=C/c3cccc(CN4CCOCC4)c3)n[nH]c2c1. The van der Waals surface area contributed by atoms with Crippen LogP contribution in [-0.4, -0.2) is 47.3 Å². The smallest absolute Gasteiger partial charge is 0.230 e. The number of aromatic amines is 1. The number of ether oxygens (including phenoxy) is 1. The first kappa shape index (κ1) is 24.6. The Balaban J connectivity index is 1.14. The summed E-state index contributed by atoms with van der Waals surface area (Å²) in [6, 6.07) is 23.0. The van der Waals surface area contributed by atoms with Crippen molar-refractivity contribution in [1.82, 2.24) is 15.1 Å². The fourth-order valence-electron chi connectivity index (χ4n) is 5.47. The molecule has 1 amide bonds. The molecule has 6 heteroatoms. The maximum atomic E-state index is 13.1. The molecular formula is C32H34N4O2. The molecule has 0 unspecified atom stereocenters. The number of nitrogens with zero attached hydrogens (tertiary/aromatic N) is 2. The van der Waals surface area contributed by atoms with Gasteiger partial charge in [0.05, 0.1) is 29.8 Å². The van der Waals surface area contributed by atoms with E-state index in [9.17, 15) is 4.79 Å². The van der Waals surface area contributed by atoms with E-state index in [1.54, 1.807) is 0 Å². The average Bonchev–Trinajstić information content (AvgIpc) is 3.48. The Morgan fingerprint density at radius 1 is 1.11 bits per heavy atom. The number of fused-ring (bicyclic) bond motifs is 1. The van der Waals surface area contributed by atoms with Gasteiger partial charge >= 0.3 is 0 Å². The first-order valence-corrected chi connectivity index (χ1v) is 13.4. The van der Waals surface area contributed by atoms with Crippen LogP contribution in [-0.2, 0) is 16.1 Å². The predicted octanol–water partition coefficient (Wildman–Crippen LogP) is 6.01. The van der Waals surface area contributed by atoms with Crippen molar-refractivity contribution in [2.45, 2.75) is 32.7 Å². The maximum Gasteiger partial charge on any atom is 0.230 e. The number of aryl methyl sites for hydroxylation is 1. The van der Waals surface area contributed by atoms with Crippen LogP contribution in [0.25, 0.3) is 23.1 Å². The van der Waals surface area contributed by atoms with Gasteiger partial charge in [0.2, 0.25) is 5.91 Å². The number of hydrogen-bond donors (Lipinski definition) is 2. The van der Waals surface area contributed by atoms with E-state index in [-0.39, 0.29) is 11.8 Å². The fourth-order valence-corrected chi connectivity index (χ4v) is 5.47. The van der Waals surface area contributed by atoms with E-state index in [1.807, 2.05) is 31.2 Å². The second-order valence-corrected chi connectivity index (χ2v) is 10.8. The van der Waals surface area contributed by atoms with Gasteiger partial charge in [0.1, 0.15) is 0 Å². The number of nitrogens with one attached hydrogen (secondary N) is 2. The number of carbonyl (C=O) groups excluding carboxylic acids is 1. The summed E-state index contributed by atoms with van der Waals surface area (Å²) in [5.41, 5.74) is 7.13. The summed E-state index contributed by atoms with van der Waals surface area (Å²) in [5.74, 6) is 0.286. The highest BCUT2D eigenvalue weighted by atomic mass is 16.5. The molecule has 3 aromatic carbocycles. The molecule has 38 heavy (non-hydrogen) atoms. The van der Waals surface area contributed by atoms with Crippen molar-refractivity contribution in [3.05, 3.63) is 94.7 Å². The predicted molar refractivity (Wildman–Crippen MR) is 153 cm³/mol. The van der Waals surface area contributed by atoms with Gasteiger partial charge < -0.3 is 10.1 Å². The monoisotopic (exact) mass is 506 g/mol. The molecule has 1 saturated carbocycles. The van der Waals surface area contributed by atoms with Gasteiger partial charge in [-0.05, 0) is 59.7 Å². The second-order valence-electron chi connectivity index (χ2n) is 10.8. The van der Waals surface area contributed by atoms with Crippen LogP contribution in [0.1, 0.15) is 47.2 Å². The van der Waals surface area contributed by atoms with Crippen LogP contribution in [0.4, 0.5) is 5.69 Å². The number of para-hydroxylation sites is 1. The highest BCUT2D eigenvalue weighted by Crippen LogP contribution is 2.59. The fraction of sp³-hybridized carbons (Fsp3) is 0.312. The zero-order chi connectivity index (χ0) is 26.1. The Morgan fingerprint density at radius 2 is 1.95 bits per heavy atom. The van der Waals surface area contributed by atoms with Gasteiger partial charge in [0.15, 0.2) is 0 Å². The van der Waals surface area contributed by atoms with E-state index in [1.165, 1.54) is 11.1 Å². The molecule has 1 aliphatic carbocycles. The van der Waals surface area contributed by atoms with Gasteiger partial charge in [-0.3, -0.25) is 14.8 Å². The number of morpholine rings is 1. The van der Waals surface area contributed by atoms with Crippen molar-refractivity contribution in [3.8, 4) is 0 Å². The van der Waals surface area contributed by atoms with Crippen LogP contribution in [0.3, 0.4) is 0 Å². The molecule has 2 fully saturated rings. The van der Waals surface area contributed by atoms with Crippen molar-refractivity contribution >= 4 is 34.6 Å². The molecule has 6 nitrogen and oxygen atoms in total. The topological polar surface area (TPSA) is 70.2 Å². The largest absolute Gasteiger partial charge is 0.379 e. The molecule has 194 valence electrons. The van der Waals surface area contributed by atoms with Crippen LogP contribution in [0.15, 0.2) is 66.7 Å². The number of carbonyl (C=O) groups is 1. The lowest BCUT2D eigenvalue weighted by atomic mass is 9.98. The first-order valence-electron chi connectivity index (χ1n) is 13.4. The maximum absolute atomic E-state index is 13.1. The normalized spacial score (nSPS) is 21.7.